The molecule has 0 amide bonds. The van der Waals surface area contributed by atoms with Crippen LogP contribution in [0, 0.1) is 0 Å². The summed E-state index contributed by atoms with van der Waals surface area (Å²) in [5.74, 6) is 0.871. The van der Waals surface area contributed by atoms with Crippen LogP contribution in [-0.2, 0) is 11.2 Å². The Morgan fingerprint density at radius 1 is 1.50 bits per heavy atom. The Morgan fingerprint density at radius 2 is 2.17 bits per heavy atom. The first kappa shape index (κ1) is 9.26. The number of Topliss-reactive ketones (excluding diaryl/α,β-unsaturated/α-hetero) is 1. The van der Waals surface area contributed by atoms with Gasteiger partial charge in [-0.1, -0.05) is 0 Å². The first-order chi connectivity index (χ1) is 5.83. The zero-order valence-electron chi connectivity index (χ0n) is 6.99. The summed E-state index contributed by atoms with van der Waals surface area (Å²) >= 11 is 1.56. The van der Waals surface area contributed by atoms with Crippen LogP contribution >= 0.6 is 11.8 Å². The smallest absolute Gasteiger partial charge is 0.147 e. The van der Waals surface area contributed by atoms with Crippen molar-refractivity contribution in [2.45, 2.75) is 6.42 Å². The van der Waals surface area contributed by atoms with Crippen molar-refractivity contribution in [3.63, 3.8) is 0 Å². The van der Waals surface area contributed by atoms with E-state index in [1.54, 1.807) is 24.2 Å². The van der Waals surface area contributed by atoms with Gasteiger partial charge < -0.3 is 0 Å². The van der Waals surface area contributed by atoms with Crippen LogP contribution in [0.15, 0.2) is 24.5 Å². The minimum atomic E-state index is 0.272. The van der Waals surface area contributed by atoms with Gasteiger partial charge in [0.1, 0.15) is 5.78 Å². The van der Waals surface area contributed by atoms with Gasteiger partial charge in [-0.3, -0.25) is 9.78 Å². The van der Waals surface area contributed by atoms with E-state index in [2.05, 4.69) is 4.98 Å². The lowest BCUT2D eigenvalue weighted by Crippen LogP contribution is -2.04. The quantitative estimate of drug-likeness (QED) is 0.706. The standard InChI is InChI=1S/C9H11NOS/c1-12-7-9(11)6-8-2-4-10-5-3-8/h2-5H,6-7H2,1H3. The first-order valence-corrected chi connectivity index (χ1v) is 5.12. The van der Waals surface area contributed by atoms with Crippen LogP contribution in [0.4, 0.5) is 0 Å². The maximum atomic E-state index is 11.2. The molecule has 12 heavy (non-hydrogen) atoms. The Balaban J connectivity index is 2.47. The van der Waals surface area contributed by atoms with Gasteiger partial charge in [0.15, 0.2) is 0 Å². The maximum Gasteiger partial charge on any atom is 0.147 e. The summed E-state index contributed by atoms with van der Waals surface area (Å²) in [7, 11) is 0. The Hall–Kier alpha value is -0.830. The Labute approximate surface area is 76.4 Å². The van der Waals surface area contributed by atoms with E-state index < -0.39 is 0 Å². The molecule has 0 aliphatic rings. The number of rotatable bonds is 4. The van der Waals surface area contributed by atoms with Crippen molar-refractivity contribution >= 4 is 17.5 Å². The van der Waals surface area contributed by atoms with Crippen molar-refractivity contribution in [3.8, 4) is 0 Å². The molecule has 1 aromatic heterocycles. The minimum absolute atomic E-state index is 0.272. The van der Waals surface area contributed by atoms with Gasteiger partial charge in [0.05, 0.1) is 5.75 Å². The molecule has 0 saturated carbocycles. The fraction of sp³-hybridized carbons (Fsp3) is 0.333. The largest absolute Gasteiger partial charge is 0.298 e. The second-order valence-corrected chi connectivity index (χ2v) is 3.37. The molecule has 0 atom stereocenters. The van der Waals surface area contributed by atoms with Crippen LogP contribution in [0.25, 0.3) is 0 Å². The lowest BCUT2D eigenvalue weighted by molar-refractivity contribution is -0.115. The fourth-order valence-electron chi connectivity index (χ4n) is 0.940. The molecule has 0 N–H and O–H groups in total. The second-order valence-electron chi connectivity index (χ2n) is 2.50. The summed E-state index contributed by atoms with van der Waals surface area (Å²) in [6.45, 7) is 0. The second kappa shape index (κ2) is 4.93. The van der Waals surface area contributed by atoms with Crippen molar-refractivity contribution < 1.29 is 4.79 Å². The molecule has 0 aliphatic carbocycles. The van der Waals surface area contributed by atoms with Crippen LogP contribution in [0.2, 0.25) is 0 Å². The number of carbonyl (C=O) groups is 1. The van der Waals surface area contributed by atoms with Crippen LogP contribution < -0.4 is 0 Å². The van der Waals surface area contributed by atoms with Crippen LogP contribution in [0.1, 0.15) is 5.56 Å². The van der Waals surface area contributed by atoms with Gasteiger partial charge in [-0.05, 0) is 24.0 Å². The molecule has 0 saturated heterocycles. The number of pyridine rings is 1. The summed E-state index contributed by atoms with van der Waals surface area (Å²) in [4.78, 5) is 15.1. The zero-order valence-corrected chi connectivity index (χ0v) is 7.80. The van der Waals surface area contributed by atoms with E-state index in [1.165, 1.54) is 0 Å². The van der Waals surface area contributed by atoms with Crippen molar-refractivity contribution in [1.29, 1.82) is 0 Å². The number of carbonyl (C=O) groups excluding carboxylic acids is 1. The van der Waals surface area contributed by atoms with E-state index in [9.17, 15) is 4.79 Å². The van der Waals surface area contributed by atoms with E-state index in [-0.39, 0.29) is 5.78 Å². The lowest BCUT2D eigenvalue weighted by atomic mass is 10.1. The topological polar surface area (TPSA) is 30.0 Å². The van der Waals surface area contributed by atoms with Crippen molar-refractivity contribution in [2.75, 3.05) is 12.0 Å². The summed E-state index contributed by atoms with van der Waals surface area (Å²) in [6, 6.07) is 3.75. The predicted octanol–water partition coefficient (Wildman–Crippen LogP) is 1.56. The molecule has 0 unspecified atom stereocenters. The molecule has 0 fully saturated rings. The molecule has 0 radical (unpaired) electrons. The highest BCUT2D eigenvalue weighted by Gasteiger charge is 2.01. The fourth-order valence-corrected chi connectivity index (χ4v) is 1.36. The van der Waals surface area contributed by atoms with Gasteiger partial charge >= 0.3 is 0 Å². The highest BCUT2D eigenvalue weighted by atomic mass is 32.2. The molecule has 3 heteroatoms. The Kier molecular flexibility index (Phi) is 3.80. The number of aromatic nitrogens is 1. The summed E-state index contributed by atoms with van der Waals surface area (Å²) in [5.41, 5.74) is 1.05. The molecule has 0 aliphatic heterocycles. The molecule has 0 bridgehead atoms. The molecule has 1 rings (SSSR count). The van der Waals surface area contributed by atoms with Crippen molar-refractivity contribution in [3.05, 3.63) is 30.1 Å². The number of hydrogen-bond acceptors (Lipinski definition) is 3. The van der Waals surface area contributed by atoms with Crippen molar-refractivity contribution in [1.82, 2.24) is 4.98 Å². The Bertz CT molecular complexity index is 248. The molecule has 2 nitrogen and oxygen atoms in total. The summed E-state index contributed by atoms with van der Waals surface area (Å²) in [6.07, 6.45) is 5.89. The molecule has 64 valence electrons. The third kappa shape index (κ3) is 3.05. The number of thioether (sulfide) groups is 1. The van der Waals surface area contributed by atoms with Crippen molar-refractivity contribution in [2.24, 2.45) is 0 Å². The number of ketones is 1. The van der Waals surface area contributed by atoms with E-state index in [0.29, 0.717) is 12.2 Å². The molecule has 1 aromatic rings. The third-order valence-electron chi connectivity index (χ3n) is 1.46. The lowest BCUT2D eigenvalue weighted by Gasteiger charge is -1.97. The van der Waals surface area contributed by atoms with E-state index >= 15 is 0 Å². The van der Waals surface area contributed by atoms with Crippen LogP contribution in [0.5, 0.6) is 0 Å². The van der Waals surface area contributed by atoms with Gasteiger partial charge in [0, 0.05) is 18.8 Å². The highest BCUT2D eigenvalue weighted by Crippen LogP contribution is 2.01. The normalized spacial score (nSPS) is 9.75. The average molecular weight is 181 g/mol. The van der Waals surface area contributed by atoms with E-state index in [4.69, 9.17) is 0 Å². The van der Waals surface area contributed by atoms with Gasteiger partial charge in [-0.15, -0.1) is 0 Å². The summed E-state index contributed by atoms with van der Waals surface area (Å²) < 4.78 is 0. The first-order valence-electron chi connectivity index (χ1n) is 3.72. The van der Waals surface area contributed by atoms with Crippen LogP contribution in [0.3, 0.4) is 0 Å². The Morgan fingerprint density at radius 3 is 2.75 bits per heavy atom. The SMILES string of the molecule is CSCC(=O)Cc1ccncc1. The summed E-state index contributed by atoms with van der Waals surface area (Å²) in [5, 5.41) is 0. The number of nitrogens with zero attached hydrogens (tertiary/aromatic N) is 1. The highest BCUT2D eigenvalue weighted by molar-refractivity contribution is 7.99. The molecular weight excluding hydrogens is 170 g/mol. The monoisotopic (exact) mass is 181 g/mol. The van der Waals surface area contributed by atoms with Gasteiger partial charge in [-0.2, -0.15) is 11.8 Å². The minimum Gasteiger partial charge on any atom is -0.298 e. The molecular formula is C9H11NOS. The molecule has 1 heterocycles. The molecule has 0 spiro atoms. The van der Waals surface area contributed by atoms with Gasteiger partial charge in [0.25, 0.3) is 0 Å². The van der Waals surface area contributed by atoms with Gasteiger partial charge in [0.2, 0.25) is 0 Å². The van der Waals surface area contributed by atoms with Gasteiger partial charge in [-0.25, -0.2) is 0 Å². The third-order valence-corrected chi connectivity index (χ3v) is 2.07. The zero-order chi connectivity index (χ0) is 8.81. The van der Waals surface area contributed by atoms with E-state index in [0.717, 1.165) is 5.56 Å². The predicted molar refractivity (Wildman–Crippen MR) is 51.3 cm³/mol. The average Bonchev–Trinajstić information content (AvgIpc) is 2.06. The number of hydrogen-bond donors (Lipinski definition) is 0. The van der Waals surface area contributed by atoms with E-state index in [1.807, 2.05) is 18.4 Å². The van der Waals surface area contributed by atoms with Crippen LogP contribution in [-0.4, -0.2) is 22.8 Å². The molecule has 0 aromatic carbocycles. The maximum absolute atomic E-state index is 11.2.